The summed E-state index contributed by atoms with van der Waals surface area (Å²) in [6.45, 7) is 3.32. The number of nitrogens with one attached hydrogen (secondary N) is 2. The molecule has 136 valence electrons. The normalized spacial score (nSPS) is 31.5. The van der Waals surface area contributed by atoms with Gasteiger partial charge >= 0.3 is 6.03 Å². The Labute approximate surface area is 145 Å². The summed E-state index contributed by atoms with van der Waals surface area (Å²) in [5, 5.41) is 15.2. The Balaban J connectivity index is 1.37. The van der Waals surface area contributed by atoms with Crippen LogP contribution in [0.3, 0.4) is 0 Å². The summed E-state index contributed by atoms with van der Waals surface area (Å²) in [6.07, 6.45) is 14.2. The summed E-state index contributed by atoms with van der Waals surface area (Å²) in [7, 11) is 0. The van der Waals surface area contributed by atoms with Crippen LogP contribution in [0.25, 0.3) is 0 Å². The van der Waals surface area contributed by atoms with E-state index < -0.39 is 0 Å². The first-order valence-corrected chi connectivity index (χ1v) is 9.82. The van der Waals surface area contributed by atoms with E-state index in [0.717, 1.165) is 18.9 Å². The number of hydrogen-bond donors (Lipinski definition) is 3. The first kappa shape index (κ1) is 17.7. The molecule has 1 heterocycles. The molecule has 2 aliphatic carbocycles. The summed E-state index contributed by atoms with van der Waals surface area (Å²) in [6, 6.07) is 0.485. The van der Waals surface area contributed by atoms with Crippen molar-refractivity contribution in [2.75, 3.05) is 26.2 Å². The molecule has 1 unspecified atom stereocenters. The number of likely N-dealkylation sites (tertiary alicyclic amines) is 1. The molecule has 0 radical (unpaired) electrons. The van der Waals surface area contributed by atoms with E-state index in [-0.39, 0.29) is 24.6 Å². The highest BCUT2D eigenvalue weighted by atomic mass is 16.3. The summed E-state index contributed by atoms with van der Waals surface area (Å²) in [5.41, 5.74) is 0. The van der Waals surface area contributed by atoms with Gasteiger partial charge in [0.2, 0.25) is 0 Å². The maximum atomic E-state index is 12.1. The fourth-order valence-electron chi connectivity index (χ4n) is 4.51. The van der Waals surface area contributed by atoms with Crippen LogP contribution in [0.15, 0.2) is 12.2 Å². The molecule has 0 bridgehead atoms. The van der Waals surface area contributed by atoms with Crippen molar-refractivity contribution in [1.82, 2.24) is 15.5 Å². The molecule has 24 heavy (non-hydrogen) atoms. The van der Waals surface area contributed by atoms with E-state index in [2.05, 4.69) is 15.5 Å². The second kappa shape index (κ2) is 8.86. The molecule has 5 heteroatoms. The van der Waals surface area contributed by atoms with Crippen molar-refractivity contribution in [3.8, 4) is 0 Å². The number of rotatable bonds is 6. The summed E-state index contributed by atoms with van der Waals surface area (Å²) in [5.74, 6) is 1.06. The molecule has 1 saturated heterocycles. The van der Waals surface area contributed by atoms with Crippen LogP contribution < -0.4 is 10.6 Å². The first-order valence-electron chi connectivity index (χ1n) is 9.82. The minimum atomic E-state index is -0.0762. The minimum absolute atomic E-state index is 0.0593. The fraction of sp³-hybridized carbons (Fsp3) is 0.842. The van der Waals surface area contributed by atoms with Gasteiger partial charge in [-0.15, -0.1) is 0 Å². The zero-order chi connectivity index (χ0) is 16.8. The average Bonchev–Trinajstić information content (AvgIpc) is 3.23. The summed E-state index contributed by atoms with van der Waals surface area (Å²) >= 11 is 0. The third-order valence-corrected chi connectivity index (χ3v) is 5.94. The van der Waals surface area contributed by atoms with Gasteiger partial charge in [-0.25, -0.2) is 4.79 Å². The van der Waals surface area contributed by atoms with E-state index >= 15 is 0 Å². The highest BCUT2D eigenvalue weighted by molar-refractivity contribution is 5.74. The molecule has 3 N–H and O–H groups in total. The van der Waals surface area contributed by atoms with E-state index in [4.69, 9.17) is 5.11 Å². The lowest BCUT2D eigenvalue weighted by atomic mass is 9.89. The molecule has 1 saturated carbocycles. The van der Waals surface area contributed by atoms with Gasteiger partial charge < -0.3 is 15.7 Å². The van der Waals surface area contributed by atoms with E-state index in [1.807, 2.05) is 12.2 Å². The minimum Gasteiger partial charge on any atom is -0.396 e. The Morgan fingerprint density at radius 3 is 2.71 bits per heavy atom. The highest BCUT2D eigenvalue weighted by Gasteiger charge is 2.28. The van der Waals surface area contributed by atoms with Crippen LogP contribution in [0.1, 0.15) is 51.4 Å². The molecule has 2 amide bonds. The Kier molecular flexibility index (Phi) is 6.55. The lowest BCUT2D eigenvalue weighted by Gasteiger charge is -2.31. The van der Waals surface area contributed by atoms with Gasteiger partial charge in [-0.1, -0.05) is 31.4 Å². The van der Waals surface area contributed by atoms with Crippen LogP contribution in [0.4, 0.5) is 4.79 Å². The maximum absolute atomic E-state index is 12.1. The molecule has 2 fully saturated rings. The largest absolute Gasteiger partial charge is 0.396 e. The maximum Gasteiger partial charge on any atom is 0.315 e. The summed E-state index contributed by atoms with van der Waals surface area (Å²) in [4.78, 5) is 14.7. The number of amides is 2. The van der Waals surface area contributed by atoms with E-state index in [9.17, 15) is 4.79 Å². The van der Waals surface area contributed by atoms with Crippen molar-refractivity contribution in [3.63, 3.8) is 0 Å². The van der Waals surface area contributed by atoms with Crippen LogP contribution in [-0.4, -0.2) is 54.4 Å². The lowest BCUT2D eigenvalue weighted by molar-refractivity contribution is 0.183. The molecule has 0 spiro atoms. The van der Waals surface area contributed by atoms with E-state index in [1.54, 1.807) is 0 Å². The van der Waals surface area contributed by atoms with Crippen molar-refractivity contribution in [1.29, 1.82) is 0 Å². The SMILES string of the molecule is O=C(NCC1CCCN1CC1CCCCC1)N[C@@H]1C=C[C@H](CO)C1. The first-order chi connectivity index (χ1) is 11.7. The van der Waals surface area contributed by atoms with Crippen LogP contribution in [0.5, 0.6) is 0 Å². The molecule has 1 aliphatic heterocycles. The monoisotopic (exact) mass is 335 g/mol. The van der Waals surface area contributed by atoms with E-state index in [0.29, 0.717) is 6.04 Å². The van der Waals surface area contributed by atoms with Crippen LogP contribution in [-0.2, 0) is 0 Å². The van der Waals surface area contributed by atoms with Gasteiger partial charge in [-0.2, -0.15) is 0 Å². The number of aliphatic hydroxyl groups excluding tert-OH is 1. The Hall–Kier alpha value is -1.07. The predicted molar refractivity (Wildman–Crippen MR) is 95.8 cm³/mol. The van der Waals surface area contributed by atoms with Gasteiger partial charge in [-0.3, -0.25) is 4.90 Å². The second-order valence-corrected chi connectivity index (χ2v) is 7.82. The lowest BCUT2D eigenvalue weighted by Crippen LogP contribution is -2.47. The average molecular weight is 335 g/mol. The second-order valence-electron chi connectivity index (χ2n) is 7.82. The summed E-state index contributed by atoms with van der Waals surface area (Å²) < 4.78 is 0. The predicted octanol–water partition coefficient (Wildman–Crippen LogP) is 2.27. The fourth-order valence-corrected chi connectivity index (χ4v) is 4.51. The molecule has 3 aliphatic rings. The van der Waals surface area contributed by atoms with Crippen LogP contribution >= 0.6 is 0 Å². The van der Waals surface area contributed by atoms with E-state index in [1.165, 1.54) is 58.0 Å². The Bertz CT molecular complexity index is 434. The number of carbonyl (C=O) groups excluding carboxylic acids is 1. The number of urea groups is 1. The molecular formula is C19H33N3O2. The standard InChI is InChI=1S/C19H33N3O2/c23-14-16-8-9-17(11-16)21-19(24)20-12-18-7-4-10-22(18)13-15-5-2-1-3-6-15/h8-9,15-18,23H,1-7,10-14H2,(H2,20,21,24)/t16-,17+,18?/m0/s1. The van der Waals surface area contributed by atoms with Crippen molar-refractivity contribution in [2.24, 2.45) is 11.8 Å². The third kappa shape index (κ3) is 4.96. The zero-order valence-corrected chi connectivity index (χ0v) is 14.8. The number of hydrogen-bond acceptors (Lipinski definition) is 3. The van der Waals surface area contributed by atoms with Crippen molar-refractivity contribution < 1.29 is 9.90 Å². The Morgan fingerprint density at radius 2 is 1.96 bits per heavy atom. The Morgan fingerprint density at radius 1 is 1.12 bits per heavy atom. The molecule has 0 aromatic heterocycles. The molecule has 3 atom stereocenters. The molecule has 0 aromatic rings. The number of carbonyl (C=O) groups is 1. The number of aliphatic hydroxyl groups is 1. The van der Waals surface area contributed by atoms with Crippen molar-refractivity contribution >= 4 is 6.03 Å². The van der Waals surface area contributed by atoms with Gasteiger partial charge in [0.15, 0.2) is 0 Å². The zero-order valence-electron chi connectivity index (χ0n) is 14.8. The van der Waals surface area contributed by atoms with Crippen molar-refractivity contribution in [2.45, 2.75) is 63.5 Å². The smallest absolute Gasteiger partial charge is 0.315 e. The van der Waals surface area contributed by atoms with Gasteiger partial charge in [0.25, 0.3) is 0 Å². The van der Waals surface area contributed by atoms with Gasteiger partial charge in [0.1, 0.15) is 0 Å². The molecule has 5 nitrogen and oxygen atoms in total. The van der Waals surface area contributed by atoms with Gasteiger partial charge in [0, 0.05) is 37.7 Å². The molecule has 3 rings (SSSR count). The molecule has 0 aromatic carbocycles. The van der Waals surface area contributed by atoms with Crippen molar-refractivity contribution in [3.05, 3.63) is 12.2 Å². The van der Waals surface area contributed by atoms with Gasteiger partial charge in [-0.05, 0) is 44.6 Å². The highest BCUT2D eigenvalue weighted by Crippen LogP contribution is 2.27. The third-order valence-electron chi connectivity index (χ3n) is 5.94. The topological polar surface area (TPSA) is 64.6 Å². The molecular weight excluding hydrogens is 302 g/mol. The quantitative estimate of drug-likeness (QED) is 0.653. The van der Waals surface area contributed by atoms with Gasteiger partial charge in [0.05, 0.1) is 0 Å². The number of nitrogens with zero attached hydrogens (tertiary/aromatic N) is 1. The van der Waals surface area contributed by atoms with Crippen LogP contribution in [0.2, 0.25) is 0 Å². The van der Waals surface area contributed by atoms with Crippen LogP contribution in [0, 0.1) is 11.8 Å².